The molecule has 0 radical (unpaired) electrons. The number of rotatable bonds is 4. The lowest BCUT2D eigenvalue weighted by Crippen LogP contribution is -2.30. The molecule has 0 unspecified atom stereocenters. The van der Waals surface area contributed by atoms with E-state index in [0.717, 1.165) is 0 Å². The molecule has 23 heavy (non-hydrogen) atoms. The first-order valence-electron chi connectivity index (χ1n) is 6.45. The number of aromatic amines is 2. The van der Waals surface area contributed by atoms with E-state index < -0.39 is 10.8 Å². The van der Waals surface area contributed by atoms with Crippen molar-refractivity contribution in [1.29, 1.82) is 0 Å². The minimum atomic E-state index is -0.483. The Hall–Kier alpha value is -3.53. The lowest BCUT2D eigenvalue weighted by atomic mass is 10.1. The number of nitrogen functional groups attached to an aromatic ring is 1. The summed E-state index contributed by atoms with van der Waals surface area (Å²) in [6, 6.07) is 7.61. The summed E-state index contributed by atoms with van der Waals surface area (Å²) in [6.45, 7) is 0. The van der Waals surface area contributed by atoms with Crippen LogP contribution in [0.5, 0.6) is 0 Å². The molecule has 2 heterocycles. The molecule has 5 N–H and O–H groups in total. The number of aromatic nitrogens is 4. The molecule has 0 saturated heterocycles. The number of nitro groups is 1. The van der Waals surface area contributed by atoms with Crippen LogP contribution in [-0.4, -0.2) is 31.2 Å². The van der Waals surface area contributed by atoms with Crippen molar-refractivity contribution in [2.45, 2.75) is 0 Å². The highest BCUT2D eigenvalue weighted by molar-refractivity contribution is 5.94. The molecular weight excluding hydrogens is 302 g/mol. The summed E-state index contributed by atoms with van der Waals surface area (Å²) in [5.41, 5.74) is 4.26. The van der Waals surface area contributed by atoms with E-state index in [9.17, 15) is 14.9 Å². The molecule has 10 heteroatoms. The fourth-order valence-corrected chi connectivity index (χ4v) is 2.14. The summed E-state index contributed by atoms with van der Waals surface area (Å²) in [5.74, 6) is 4.61. The van der Waals surface area contributed by atoms with Gasteiger partial charge in [0.2, 0.25) is 0 Å². The van der Waals surface area contributed by atoms with Gasteiger partial charge in [0.1, 0.15) is 17.1 Å². The van der Waals surface area contributed by atoms with Crippen molar-refractivity contribution in [3.05, 3.63) is 52.3 Å². The minimum Gasteiger partial charge on any atom is -0.356 e. The smallest absolute Gasteiger partial charge is 0.281 e. The fourth-order valence-electron chi connectivity index (χ4n) is 2.14. The van der Waals surface area contributed by atoms with Crippen molar-refractivity contribution >= 4 is 11.6 Å². The summed E-state index contributed by atoms with van der Waals surface area (Å²) in [7, 11) is 0. The van der Waals surface area contributed by atoms with E-state index in [1.165, 1.54) is 12.1 Å². The van der Waals surface area contributed by atoms with E-state index in [0.29, 0.717) is 22.5 Å². The number of nitrogens with two attached hydrogens (primary N) is 1. The number of H-pyrrole nitrogens is 2. The molecule has 116 valence electrons. The van der Waals surface area contributed by atoms with Gasteiger partial charge in [-0.25, -0.2) is 5.84 Å². The molecule has 0 atom stereocenters. The van der Waals surface area contributed by atoms with Crippen LogP contribution in [0.25, 0.3) is 22.5 Å². The quantitative estimate of drug-likeness (QED) is 0.243. The highest BCUT2D eigenvalue weighted by Gasteiger charge is 2.17. The number of benzene rings is 1. The van der Waals surface area contributed by atoms with Gasteiger partial charge in [-0.15, -0.1) is 0 Å². The maximum Gasteiger partial charge on any atom is 0.281 e. The zero-order valence-electron chi connectivity index (χ0n) is 11.6. The van der Waals surface area contributed by atoms with Crippen LogP contribution in [0.4, 0.5) is 5.69 Å². The Bertz CT molecular complexity index is 883. The van der Waals surface area contributed by atoms with E-state index >= 15 is 0 Å². The number of carbonyl (C=O) groups is 1. The van der Waals surface area contributed by atoms with Crippen LogP contribution in [0.1, 0.15) is 10.5 Å². The second kappa shape index (κ2) is 5.69. The maximum absolute atomic E-state index is 11.5. The molecule has 0 aliphatic heterocycles. The zero-order chi connectivity index (χ0) is 16.4. The van der Waals surface area contributed by atoms with Crippen LogP contribution in [-0.2, 0) is 0 Å². The lowest BCUT2D eigenvalue weighted by molar-refractivity contribution is -0.384. The molecule has 3 aromatic rings. The van der Waals surface area contributed by atoms with E-state index in [2.05, 4.69) is 20.4 Å². The first kappa shape index (κ1) is 14.4. The third kappa shape index (κ3) is 2.65. The van der Waals surface area contributed by atoms with Crippen LogP contribution in [0.2, 0.25) is 0 Å². The number of nitro benzene ring substituents is 1. The Morgan fingerprint density at radius 3 is 2.65 bits per heavy atom. The number of hydrogen-bond donors (Lipinski definition) is 4. The van der Waals surface area contributed by atoms with Crippen molar-refractivity contribution < 1.29 is 9.72 Å². The number of nitrogens with zero attached hydrogens (tertiary/aromatic N) is 3. The molecule has 0 aliphatic rings. The molecule has 0 saturated carbocycles. The van der Waals surface area contributed by atoms with E-state index in [-0.39, 0.29) is 11.4 Å². The fraction of sp³-hybridized carbons (Fsp3) is 0. The number of nitrogens with one attached hydrogen (secondary N) is 3. The molecule has 0 spiro atoms. The standard InChI is InChI=1S/C13H11N7O3/c14-16-13(21)10-5-8(6-15-10)12-11(17-19-18-12)7-2-1-3-9(4-7)20(22)23/h1-6,15H,14H2,(H,16,21)(H,17,18,19). The van der Waals surface area contributed by atoms with Crippen LogP contribution < -0.4 is 11.3 Å². The zero-order valence-corrected chi connectivity index (χ0v) is 11.6. The molecule has 2 aromatic heterocycles. The minimum absolute atomic E-state index is 0.0475. The van der Waals surface area contributed by atoms with E-state index in [4.69, 9.17) is 5.84 Å². The van der Waals surface area contributed by atoms with Crippen LogP contribution in [0, 0.1) is 10.1 Å². The monoisotopic (exact) mass is 313 g/mol. The lowest BCUT2D eigenvalue weighted by Gasteiger charge is -1.99. The second-order valence-electron chi connectivity index (χ2n) is 4.60. The highest BCUT2D eigenvalue weighted by Crippen LogP contribution is 2.30. The number of amides is 1. The summed E-state index contributed by atoms with van der Waals surface area (Å²) in [5, 5.41) is 21.5. The summed E-state index contributed by atoms with van der Waals surface area (Å²) < 4.78 is 0. The third-order valence-electron chi connectivity index (χ3n) is 3.21. The van der Waals surface area contributed by atoms with Crippen molar-refractivity contribution in [2.24, 2.45) is 5.84 Å². The van der Waals surface area contributed by atoms with Gasteiger partial charge in [0.05, 0.1) is 4.92 Å². The normalized spacial score (nSPS) is 10.5. The topological polar surface area (TPSA) is 156 Å². The Morgan fingerprint density at radius 1 is 1.22 bits per heavy atom. The predicted octanol–water partition coefficient (Wildman–Crippen LogP) is 0.978. The molecular formula is C13H11N7O3. The number of carbonyl (C=O) groups excluding carboxylic acids is 1. The molecule has 0 bridgehead atoms. The third-order valence-corrected chi connectivity index (χ3v) is 3.21. The number of hydrogen-bond acceptors (Lipinski definition) is 6. The summed E-state index contributed by atoms with van der Waals surface area (Å²) in [6.07, 6.45) is 1.57. The van der Waals surface area contributed by atoms with Crippen LogP contribution in [0.15, 0.2) is 36.5 Å². The van der Waals surface area contributed by atoms with E-state index in [1.54, 1.807) is 24.4 Å². The molecule has 0 aliphatic carbocycles. The highest BCUT2D eigenvalue weighted by atomic mass is 16.6. The number of hydrazine groups is 1. The Balaban J connectivity index is 2.03. The SMILES string of the molecule is NNC(=O)c1cc(-c2n[nH]nc2-c2cccc([N+](=O)[O-])c2)c[nH]1. The molecule has 1 aromatic carbocycles. The average Bonchev–Trinajstić information content (AvgIpc) is 3.22. The second-order valence-corrected chi connectivity index (χ2v) is 4.60. The van der Waals surface area contributed by atoms with Gasteiger partial charge < -0.3 is 4.98 Å². The van der Waals surface area contributed by atoms with Gasteiger partial charge in [-0.3, -0.25) is 20.3 Å². The summed E-state index contributed by atoms with van der Waals surface area (Å²) in [4.78, 5) is 24.7. The van der Waals surface area contributed by atoms with Crippen molar-refractivity contribution in [2.75, 3.05) is 0 Å². The van der Waals surface area contributed by atoms with E-state index in [1.807, 2.05) is 5.43 Å². The first-order chi connectivity index (χ1) is 11.1. The molecule has 3 rings (SSSR count). The number of non-ortho nitro benzene ring substituents is 1. The van der Waals surface area contributed by atoms with Gasteiger partial charge in [-0.2, -0.15) is 15.4 Å². The van der Waals surface area contributed by atoms with Gasteiger partial charge in [-0.1, -0.05) is 12.1 Å². The van der Waals surface area contributed by atoms with Crippen molar-refractivity contribution in [3.8, 4) is 22.5 Å². The Kier molecular flexibility index (Phi) is 3.57. The van der Waals surface area contributed by atoms with Gasteiger partial charge >= 0.3 is 0 Å². The van der Waals surface area contributed by atoms with Crippen LogP contribution in [0.3, 0.4) is 0 Å². The molecule has 1 amide bonds. The van der Waals surface area contributed by atoms with Gasteiger partial charge in [0.25, 0.3) is 11.6 Å². The average molecular weight is 313 g/mol. The first-order valence-corrected chi connectivity index (χ1v) is 6.45. The Labute approximate surface area is 128 Å². The molecule has 0 fully saturated rings. The summed E-state index contributed by atoms with van der Waals surface area (Å²) >= 11 is 0. The molecule has 10 nitrogen and oxygen atoms in total. The van der Waals surface area contributed by atoms with Gasteiger partial charge in [-0.05, 0) is 6.07 Å². The predicted molar refractivity (Wildman–Crippen MR) is 79.9 cm³/mol. The Morgan fingerprint density at radius 2 is 1.96 bits per heavy atom. The maximum atomic E-state index is 11.5. The largest absolute Gasteiger partial charge is 0.356 e. The van der Waals surface area contributed by atoms with Gasteiger partial charge in [0.15, 0.2) is 0 Å². The van der Waals surface area contributed by atoms with Crippen molar-refractivity contribution in [3.63, 3.8) is 0 Å². The van der Waals surface area contributed by atoms with Crippen molar-refractivity contribution in [1.82, 2.24) is 25.8 Å². The van der Waals surface area contributed by atoms with Crippen LogP contribution >= 0.6 is 0 Å². The van der Waals surface area contributed by atoms with Gasteiger partial charge in [0, 0.05) is 29.5 Å².